The van der Waals surface area contributed by atoms with Crippen LogP contribution in [0.4, 0.5) is 11.4 Å². The van der Waals surface area contributed by atoms with Gasteiger partial charge in [0.25, 0.3) is 0 Å². The fraction of sp³-hybridized carbons (Fsp3) is 0.417. The SMILES string of the molecule is CONc1c(N)cccc1-c1nc(C2=CC3=CN(C)NC3N=C2C(C)C)n(C)c1C1CC1. The molecule has 0 saturated heterocycles. The highest BCUT2D eigenvalue weighted by atomic mass is 16.6. The summed E-state index contributed by atoms with van der Waals surface area (Å²) in [6.07, 6.45) is 6.64. The van der Waals surface area contributed by atoms with Gasteiger partial charge < -0.3 is 15.3 Å². The lowest BCUT2D eigenvalue weighted by Gasteiger charge is -2.23. The van der Waals surface area contributed by atoms with Gasteiger partial charge in [-0.25, -0.2) is 10.4 Å². The second-order valence-electron chi connectivity index (χ2n) is 9.08. The molecule has 1 aromatic heterocycles. The molecule has 32 heavy (non-hydrogen) atoms. The van der Waals surface area contributed by atoms with E-state index in [9.17, 15) is 0 Å². The van der Waals surface area contributed by atoms with Crippen LogP contribution in [-0.2, 0) is 11.9 Å². The van der Waals surface area contributed by atoms with Crippen molar-refractivity contribution in [1.29, 1.82) is 0 Å². The Morgan fingerprint density at radius 2 is 2.03 bits per heavy atom. The van der Waals surface area contributed by atoms with E-state index in [0.717, 1.165) is 39.6 Å². The Kier molecular flexibility index (Phi) is 5.06. The van der Waals surface area contributed by atoms with Gasteiger partial charge in [-0.2, -0.15) is 0 Å². The van der Waals surface area contributed by atoms with Gasteiger partial charge in [-0.15, -0.1) is 0 Å². The van der Waals surface area contributed by atoms with Crippen molar-refractivity contribution in [1.82, 2.24) is 20.0 Å². The molecule has 168 valence electrons. The lowest BCUT2D eigenvalue weighted by atomic mass is 9.94. The molecule has 0 bridgehead atoms. The molecule has 1 aliphatic carbocycles. The topological polar surface area (TPSA) is 92.7 Å². The summed E-state index contributed by atoms with van der Waals surface area (Å²) in [5.41, 5.74) is 20.5. The molecular formula is C24H31N7O. The van der Waals surface area contributed by atoms with Crippen molar-refractivity contribution < 1.29 is 4.84 Å². The van der Waals surface area contributed by atoms with Gasteiger partial charge in [0, 0.05) is 48.6 Å². The Morgan fingerprint density at radius 3 is 2.72 bits per heavy atom. The minimum atomic E-state index is -0.0322. The number of para-hydroxylation sites is 1. The number of imidazole rings is 1. The lowest BCUT2D eigenvalue weighted by Crippen LogP contribution is -2.35. The van der Waals surface area contributed by atoms with E-state index in [-0.39, 0.29) is 12.1 Å². The molecule has 1 unspecified atom stereocenters. The van der Waals surface area contributed by atoms with Crippen LogP contribution in [0.3, 0.4) is 0 Å². The van der Waals surface area contributed by atoms with Crippen LogP contribution in [0.15, 0.2) is 41.0 Å². The highest BCUT2D eigenvalue weighted by Crippen LogP contribution is 2.47. The molecule has 5 rings (SSSR count). The van der Waals surface area contributed by atoms with Crippen LogP contribution in [-0.4, -0.2) is 40.6 Å². The Balaban J connectivity index is 1.69. The highest BCUT2D eigenvalue weighted by Gasteiger charge is 2.35. The van der Waals surface area contributed by atoms with Crippen LogP contribution in [0.1, 0.15) is 44.1 Å². The molecule has 8 nitrogen and oxygen atoms in total. The average Bonchev–Trinajstić information content (AvgIpc) is 3.43. The monoisotopic (exact) mass is 433 g/mol. The maximum atomic E-state index is 6.28. The van der Waals surface area contributed by atoms with Crippen LogP contribution in [0.5, 0.6) is 0 Å². The minimum absolute atomic E-state index is 0.0322. The van der Waals surface area contributed by atoms with E-state index in [1.54, 1.807) is 7.11 Å². The van der Waals surface area contributed by atoms with Gasteiger partial charge in [0.05, 0.1) is 29.9 Å². The molecule has 0 amide bonds. The van der Waals surface area contributed by atoms with Crippen molar-refractivity contribution in [3.8, 4) is 11.3 Å². The molecule has 2 aromatic rings. The summed E-state index contributed by atoms with van der Waals surface area (Å²) in [6, 6.07) is 5.89. The van der Waals surface area contributed by atoms with Crippen LogP contribution in [0, 0.1) is 5.92 Å². The van der Waals surface area contributed by atoms with Crippen LogP contribution in [0.2, 0.25) is 0 Å². The van der Waals surface area contributed by atoms with E-state index in [0.29, 0.717) is 11.6 Å². The summed E-state index contributed by atoms with van der Waals surface area (Å²) >= 11 is 0. The smallest absolute Gasteiger partial charge is 0.143 e. The molecule has 0 spiro atoms. The zero-order valence-electron chi connectivity index (χ0n) is 19.3. The Hall–Kier alpha value is -3.10. The molecule has 3 aliphatic rings. The third-order valence-electron chi connectivity index (χ3n) is 6.29. The van der Waals surface area contributed by atoms with E-state index < -0.39 is 0 Å². The second-order valence-corrected chi connectivity index (χ2v) is 9.08. The van der Waals surface area contributed by atoms with Crippen LogP contribution < -0.4 is 16.6 Å². The van der Waals surface area contributed by atoms with Gasteiger partial charge >= 0.3 is 0 Å². The van der Waals surface area contributed by atoms with Gasteiger partial charge in [-0.05, 0) is 30.9 Å². The van der Waals surface area contributed by atoms with E-state index in [1.165, 1.54) is 18.5 Å². The van der Waals surface area contributed by atoms with Crippen molar-refractivity contribution in [3.05, 3.63) is 47.6 Å². The molecule has 1 saturated carbocycles. The summed E-state index contributed by atoms with van der Waals surface area (Å²) < 4.78 is 2.25. The van der Waals surface area contributed by atoms with Gasteiger partial charge in [-0.1, -0.05) is 26.0 Å². The van der Waals surface area contributed by atoms with Gasteiger partial charge in [0.15, 0.2) is 0 Å². The molecule has 1 atom stereocenters. The number of hydrogen-bond acceptors (Lipinski definition) is 7. The number of rotatable bonds is 6. The molecular weight excluding hydrogens is 402 g/mol. The number of allylic oxidation sites excluding steroid dienone is 1. The molecule has 4 N–H and O–H groups in total. The lowest BCUT2D eigenvalue weighted by molar-refractivity contribution is 0.271. The summed E-state index contributed by atoms with van der Waals surface area (Å²) in [6.45, 7) is 4.37. The second kappa shape index (κ2) is 7.79. The van der Waals surface area contributed by atoms with Crippen LogP contribution >= 0.6 is 0 Å². The first-order valence-corrected chi connectivity index (χ1v) is 11.1. The number of nitrogens with one attached hydrogen (secondary N) is 2. The normalized spacial score (nSPS) is 20.2. The van der Waals surface area contributed by atoms with E-state index in [2.05, 4.69) is 54.7 Å². The highest BCUT2D eigenvalue weighted by molar-refractivity contribution is 6.25. The maximum Gasteiger partial charge on any atom is 0.143 e. The van der Waals surface area contributed by atoms with Crippen molar-refractivity contribution in [3.63, 3.8) is 0 Å². The van der Waals surface area contributed by atoms with Crippen molar-refractivity contribution in [2.45, 2.75) is 38.8 Å². The number of hydrogen-bond donors (Lipinski definition) is 3. The summed E-state index contributed by atoms with van der Waals surface area (Å²) in [7, 11) is 5.71. The molecule has 2 aliphatic heterocycles. The van der Waals surface area contributed by atoms with E-state index in [1.807, 2.05) is 24.2 Å². The number of aliphatic imine (C=N–C) groups is 1. The number of nitrogens with two attached hydrogens (primary N) is 1. The Morgan fingerprint density at radius 1 is 1.25 bits per heavy atom. The van der Waals surface area contributed by atoms with Crippen LogP contribution in [0.25, 0.3) is 16.8 Å². The average molecular weight is 434 g/mol. The number of nitrogens with zero attached hydrogens (tertiary/aromatic N) is 4. The van der Waals surface area contributed by atoms with E-state index >= 15 is 0 Å². The minimum Gasteiger partial charge on any atom is -0.397 e. The van der Waals surface area contributed by atoms with E-state index in [4.69, 9.17) is 20.5 Å². The number of dihydropyridines is 1. The van der Waals surface area contributed by atoms with Crippen molar-refractivity contribution >= 4 is 22.7 Å². The molecule has 1 aromatic carbocycles. The van der Waals surface area contributed by atoms with Gasteiger partial charge in [-0.3, -0.25) is 15.3 Å². The zero-order chi connectivity index (χ0) is 22.6. The maximum absolute atomic E-state index is 6.28. The summed E-state index contributed by atoms with van der Waals surface area (Å²) in [5, 5.41) is 1.97. The predicted octanol–water partition coefficient (Wildman–Crippen LogP) is 3.67. The fourth-order valence-corrected chi connectivity index (χ4v) is 4.66. The van der Waals surface area contributed by atoms with Crippen molar-refractivity contribution in [2.75, 3.05) is 25.4 Å². The molecule has 3 heterocycles. The fourth-order valence-electron chi connectivity index (χ4n) is 4.66. The van der Waals surface area contributed by atoms with Gasteiger partial charge in [0.1, 0.15) is 12.0 Å². The number of aromatic nitrogens is 2. The standard InChI is InChI=1S/C24H31N7O/c1-13(2)19-17(11-15-12-30(3)28-23(15)26-19)24-27-21(22(31(24)4)14-9-10-14)16-7-6-8-18(25)20(16)29-32-5/h6-8,11-14,23,28-29H,9-10,25H2,1-5H3. The number of nitrogen functional groups attached to an aromatic ring is 1. The zero-order valence-corrected chi connectivity index (χ0v) is 19.3. The third kappa shape index (κ3) is 3.40. The van der Waals surface area contributed by atoms with Crippen molar-refractivity contribution in [2.24, 2.45) is 18.0 Å². The number of hydrazine groups is 1. The number of anilines is 2. The Labute approximate surface area is 188 Å². The first-order chi connectivity index (χ1) is 15.4. The number of benzene rings is 1. The molecule has 1 fully saturated rings. The van der Waals surface area contributed by atoms with Gasteiger partial charge in [0.2, 0.25) is 0 Å². The summed E-state index contributed by atoms with van der Waals surface area (Å²) in [4.78, 5) is 15.5. The first-order valence-electron chi connectivity index (χ1n) is 11.1. The summed E-state index contributed by atoms with van der Waals surface area (Å²) in [5.74, 6) is 1.72. The predicted molar refractivity (Wildman–Crippen MR) is 129 cm³/mol. The molecule has 0 radical (unpaired) electrons. The molecule has 8 heteroatoms. The first kappa shape index (κ1) is 20.8. The largest absolute Gasteiger partial charge is 0.397 e. The number of fused-ring (bicyclic) bond motifs is 1. The Bertz CT molecular complexity index is 1150. The third-order valence-corrected chi connectivity index (χ3v) is 6.29. The quantitative estimate of drug-likeness (QED) is 0.475.